The largest absolute Gasteiger partial charge is 0.481 e. The minimum Gasteiger partial charge on any atom is -0.481 e. The van der Waals surface area contributed by atoms with E-state index in [0.29, 0.717) is 12.8 Å². The highest BCUT2D eigenvalue weighted by molar-refractivity contribution is 5.80. The second kappa shape index (κ2) is 6.74. The molecule has 1 saturated carbocycles. The van der Waals surface area contributed by atoms with Gasteiger partial charge in [-0.15, -0.1) is 0 Å². The smallest absolute Gasteiger partial charge is 0.306 e. The van der Waals surface area contributed by atoms with Crippen LogP contribution >= 0.6 is 0 Å². The van der Waals surface area contributed by atoms with Gasteiger partial charge >= 0.3 is 5.97 Å². The highest BCUT2D eigenvalue weighted by Crippen LogP contribution is 2.32. The summed E-state index contributed by atoms with van der Waals surface area (Å²) in [4.78, 5) is 25.5. The van der Waals surface area contributed by atoms with Crippen LogP contribution in [0.15, 0.2) is 30.3 Å². The van der Waals surface area contributed by atoms with Crippen LogP contribution in [0.2, 0.25) is 0 Å². The molecule has 1 fully saturated rings. The van der Waals surface area contributed by atoms with Crippen molar-refractivity contribution in [1.82, 2.24) is 4.90 Å². The Balaban J connectivity index is 2.03. The van der Waals surface area contributed by atoms with Gasteiger partial charge in [0.1, 0.15) is 0 Å². The molecule has 0 heterocycles. The SMILES string of the molecule is CC(c1ccccc1)N(C)C(=O)C1CCCC(C(=O)O)C1. The zero-order valence-corrected chi connectivity index (χ0v) is 12.7. The van der Waals surface area contributed by atoms with Crippen molar-refractivity contribution < 1.29 is 14.7 Å². The molecule has 1 aliphatic carbocycles. The fraction of sp³-hybridized carbons (Fsp3) is 0.529. The van der Waals surface area contributed by atoms with Gasteiger partial charge in [0.25, 0.3) is 0 Å². The van der Waals surface area contributed by atoms with Gasteiger partial charge in [-0.05, 0) is 31.7 Å². The Kier molecular flexibility index (Phi) is 4.99. The number of hydrogen-bond acceptors (Lipinski definition) is 2. The zero-order valence-electron chi connectivity index (χ0n) is 12.7. The Morgan fingerprint density at radius 1 is 1.19 bits per heavy atom. The molecule has 3 unspecified atom stereocenters. The molecule has 1 amide bonds. The Bertz CT molecular complexity index is 500. The molecule has 1 aromatic rings. The molecule has 0 spiro atoms. The van der Waals surface area contributed by atoms with Crippen LogP contribution in [0.5, 0.6) is 0 Å². The molecule has 3 atom stereocenters. The third-order valence-electron chi connectivity index (χ3n) is 4.58. The van der Waals surface area contributed by atoms with Crippen LogP contribution in [0.4, 0.5) is 0 Å². The first-order chi connectivity index (χ1) is 10.0. The van der Waals surface area contributed by atoms with Gasteiger partial charge in [-0.2, -0.15) is 0 Å². The third-order valence-corrected chi connectivity index (χ3v) is 4.58. The minimum absolute atomic E-state index is 0.00362. The van der Waals surface area contributed by atoms with Crippen molar-refractivity contribution in [2.24, 2.45) is 11.8 Å². The number of amides is 1. The van der Waals surface area contributed by atoms with E-state index in [-0.39, 0.29) is 23.8 Å². The topological polar surface area (TPSA) is 57.6 Å². The second-order valence-corrected chi connectivity index (χ2v) is 5.93. The third kappa shape index (κ3) is 3.63. The van der Waals surface area contributed by atoms with E-state index in [1.165, 1.54) is 0 Å². The van der Waals surface area contributed by atoms with Crippen molar-refractivity contribution in [3.05, 3.63) is 35.9 Å². The lowest BCUT2D eigenvalue weighted by Gasteiger charge is -2.32. The highest BCUT2D eigenvalue weighted by Gasteiger charge is 2.33. The number of carboxylic acid groups (broad SMARTS) is 1. The lowest BCUT2D eigenvalue weighted by Crippen LogP contribution is -2.38. The van der Waals surface area contributed by atoms with Crippen molar-refractivity contribution in [2.75, 3.05) is 7.05 Å². The molecular weight excluding hydrogens is 266 g/mol. The van der Waals surface area contributed by atoms with Crippen molar-refractivity contribution in [2.45, 2.75) is 38.6 Å². The number of carbonyl (C=O) groups excluding carboxylic acids is 1. The van der Waals surface area contributed by atoms with E-state index >= 15 is 0 Å². The molecule has 2 rings (SSSR count). The molecule has 0 bridgehead atoms. The molecule has 1 aliphatic rings. The zero-order chi connectivity index (χ0) is 15.4. The molecule has 4 heteroatoms. The number of aliphatic carboxylic acids is 1. The van der Waals surface area contributed by atoms with E-state index in [9.17, 15) is 9.59 Å². The first-order valence-electron chi connectivity index (χ1n) is 7.55. The molecule has 0 aromatic heterocycles. The van der Waals surface area contributed by atoms with E-state index in [2.05, 4.69) is 0 Å². The minimum atomic E-state index is -0.772. The van der Waals surface area contributed by atoms with E-state index in [1.54, 1.807) is 4.90 Å². The Morgan fingerprint density at radius 2 is 1.81 bits per heavy atom. The van der Waals surface area contributed by atoms with Gasteiger partial charge in [-0.3, -0.25) is 9.59 Å². The summed E-state index contributed by atoms with van der Waals surface area (Å²) >= 11 is 0. The summed E-state index contributed by atoms with van der Waals surface area (Å²) in [6.07, 6.45) is 2.78. The lowest BCUT2D eigenvalue weighted by molar-refractivity contribution is -0.145. The van der Waals surface area contributed by atoms with Gasteiger partial charge in [0, 0.05) is 13.0 Å². The number of hydrogen-bond donors (Lipinski definition) is 1. The summed E-state index contributed by atoms with van der Waals surface area (Å²) in [6, 6.07) is 9.90. The number of carboxylic acids is 1. The molecule has 1 N–H and O–H groups in total. The average Bonchev–Trinajstić information content (AvgIpc) is 2.53. The van der Waals surface area contributed by atoms with Crippen molar-refractivity contribution in [3.63, 3.8) is 0 Å². The van der Waals surface area contributed by atoms with E-state index in [0.717, 1.165) is 18.4 Å². The summed E-state index contributed by atoms with van der Waals surface area (Å²) < 4.78 is 0. The van der Waals surface area contributed by atoms with E-state index in [4.69, 9.17) is 5.11 Å². The fourth-order valence-electron chi connectivity index (χ4n) is 3.07. The fourth-order valence-corrected chi connectivity index (χ4v) is 3.07. The number of rotatable bonds is 4. The van der Waals surface area contributed by atoms with Crippen LogP contribution in [-0.2, 0) is 9.59 Å². The van der Waals surface area contributed by atoms with Gasteiger partial charge in [-0.1, -0.05) is 36.8 Å². The molecule has 4 nitrogen and oxygen atoms in total. The Labute approximate surface area is 125 Å². The quantitative estimate of drug-likeness (QED) is 0.926. The number of carbonyl (C=O) groups is 2. The maximum absolute atomic E-state index is 12.6. The van der Waals surface area contributed by atoms with Crippen molar-refractivity contribution >= 4 is 11.9 Å². The monoisotopic (exact) mass is 289 g/mol. The summed E-state index contributed by atoms with van der Waals surface area (Å²) in [7, 11) is 1.81. The summed E-state index contributed by atoms with van der Waals surface area (Å²) in [6.45, 7) is 2.00. The molecule has 0 aliphatic heterocycles. The van der Waals surface area contributed by atoms with Crippen LogP contribution in [-0.4, -0.2) is 28.9 Å². The van der Waals surface area contributed by atoms with Gasteiger partial charge in [0.2, 0.25) is 5.91 Å². The van der Waals surface area contributed by atoms with Gasteiger partial charge in [-0.25, -0.2) is 0 Å². The number of benzene rings is 1. The molecule has 114 valence electrons. The lowest BCUT2D eigenvalue weighted by atomic mass is 9.80. The maximum atomic E-state index is 12.6. The highest BCUT2D eigenvalue weighted by atomic mass is 16.4. The summed E-state index contributed by atoms with van der Waals surface area (Å²) in [5, 5.41) is 9.14. The van der Waals surface area contributed by atoms with Crippen LogP contribution in [0.25, 0.3) is 0 Å². The normalized spacial score (nSPS) is 23.3. The van der Waals surface area contributed by atoms with Crippen LogP contribution in [0.3, 0.4) is 0 Å². The van der Waals surface area contributed by atoms with Gasteiger partial charge in [0.15, 0.2) is 0 Å². The Hall–Kier alpha value is -1.84. The van der Waals surface area contributed by atoms with Crippen LogP contribution < -0.4 is 0 Å². The molecule has 0 saturated heterocycles. The predicted octanol–water partition coefficient (Wildman–Crippen LogP) is 3.10. The van der Waals surface area contributed by atoms with Gasteiger partial charge in [0.05, 0.1) is 12.0 Å². The molecule has 1 aromatic carbocycles. The van der Waals surface area contributed by atoms with E-state index < -0.39 is 5.97 Å². The van der Waals surface area contributed by atoms with Crippen LogP contribution in [0, 0.1) is 11.8 Å². The van der Waals surface area contributed by atoms with Crippen molar-refractivity contribution in [1.29, 1.82) is 0 Å². The van der Waals surface area contributed by atoms with Crippen LogP contribution in [0.1, 0.15) is 44.2 Å². The predicted molar refractivity (Wildman–Crippen MR) is 80.7 cm³/mol. The summed E-state index contributed by atoms with van der Waals surface area (Å²) in [5.74, 6) is -1.23. The number of nitrogens with zero attached hydrogens (tertiary/aromatic N) is 1. The first-order valence-corrected chi connectivity index (χ1v) is 7.55. The molecule has 0 radical (unpaired) electrons. The first kappa shape index (κ1) is 15.5. The molecular formula is C17H23NO3. The van der Waals surface area contributed by atoms with E-state index in [1.807, 2.05) is 44.3 Å². The average molecular weight is 289 g/mol. The standard InChI is InChI=1S/C17H23NO3/c1-12(13-7-4-3-5-8-13)18(2)16(19)14-9-6-10-15(11-14)17(20)21/h3-5,7-8,12,14-15H,6,9-11H2,1-2H3,(H,20,21). The molecule has 21 heavy (non-hydrogen) atoms. The summed E-state index contributed by atoms with van der Waals surface area (Å²) in [5.41, 5.74) is 1.10. The second-order valence-electron chi connectivity index (χ2n) is 5.93. The maximum Gasteiger partial charge on any atom is 0.306 e. The van der Waals surface area contributed by atoms with Crippen molar-refractivity contribution in [3.8, 4) is 0 Å². The van der Waals surface area contributed by atoms with Gasteiger partial charge < -0.3 is 10.0 Å². The Morgan fingerprint density at radius 3 is 2.43 bits per heavy atom.